The van der Waals surface area contributed by atoms with E-state index in [-0.39, 0.29) is 17.2 Å². The first-order valence-electron chi connectivity index (χ1n) is 10.4. The Morgan fingerprint density at radius 3 is 2.44 bits per heavy atom. The average Bonchev–Trinajstić information content (AvgIpc) is 3.12. The van der Waals surface area contributed by atoms with Gasteiger partial charge in [-0.2, -0.15) is 0 Å². The van der Waals surface area contributed by atoms with Crippen LogP contribution < -0.4 is 11.1 Å². The summed E-state index contributed by atoms with van der Waals surface area (Å²) in [5.41, 5.74) is 8.60. The van der Waals surface area contributed by atoms with E-state index in [4.69, 9.17) is 10.3 Å². The standard InChI is InChI=1S/C24H29N5O3/c1-16-21(17(2)32-28-16)23(31)29(15-24(3,4)14-25)13-19-7-5-6-8-20(19)27-22(30)18-9-11-26-12-10-18/h5-12H,13-15,25H2,1-4H3,(H,27,30). The van der Waals surface area contributed by atoms with Gasteiger partial charge < -0.3 is 20.5 Å². The monoisotopic (exact) mass is 435 g/mol. The summed E-state index contributed by atoms with van der Waals surface area (Å²) in [5, 5.41) is 6.87. The van der Waals surface area contributed by atoms with E-state index < -0.39 is 0 Å². The number of amides is 2. The number of aryl methyl sites for hydroxylation is 2. The van der Waals surface area contributed by atoms with Gasteiger partial charge in [-0.05, 0) is 49.6 Å². The lowest BCUT2D eigenvalue weighted by Crippen LogP contribution is -2.42. The van der Waals surface area contributed by atoms with Crippen molar-refractivity contribution in [1.29, 1.82) is 0 Å². The van der Waals surface area contributed by atoms with Gasteiger partial charge in [0.25, 0.3) is 11.8 Å². The fourth-order valence-electron chi connectivity index (χ4n) is 3.41. The molecule has 0 saturated carbocycles. The molecule has 2 amide bonds. The van der Waals surface area contributed by atoms with Crippen molar-refractivity contribution in [3.63, 3.8) is 0 Å². The van der Waals surface area contributed by atoms with Crippen molar-refractivity contribution in [2.75, 3.05) is 18.4 Å². The van der Waals surface area contributed by atoms with Gasteiger partial charge in [-0.3, -0.25) is 14.6 Å². The first-order valence-corrected chi connectivity index (χ1v) is 10.4. The van der Waals surface area contributed by atoms with Crippen LogP contribution in [0.2, 0.25) is 0 Å². The lowest BCUT2D eigenvalue weighted by atomic mass is 9.92. The Balaban J connectivity index is 1.91. The Hall–Kier alpha value is -3.52. The van der Waals surface area contributed by atoms with Crippen molar-refractivity contribution in [2.45, 2.75) is 34.2 Å². The molecule has 8 nitrogen and oxygen atoms in total. The van der Waals surface area contributed by atoms with Crippen molar-refractivity contribution < 1.29 is 14.1 Å². The van der Waals surface area contributed by atoms with Crippen LogP contribution in [0.15, 0.2) is 53.3 Å². The van der Waals surface area contributed by atoms with Crippen LogP contribution in [-0.2, 0) is 6.54 Å². The zero-order chi connectivity index (χ0) is 23.3. The second-order valence-corrected chi connectivity index (χ2v) is 8.58. The van der Waals surface area contributed by atoms with Crippen LogP contribution in [0.25, 0.3) is 0 Å². The van der Waals surface area contributed by atoms with Gasteiger partial charge in [0.15, 0.2) is 0 Å². The normalized spacial score (nSPS) is 11.3. The van der Waals surface area contributed by atoms with Crippen molar-refractivity contribution in [3.8, 4) is 0 Å². The van der Waals surface area contributed by atoms with E-state index in [1.54, 1.807) is 43.3 Å². The van der Waals surface area contributed by atoms with Gasteiger partial charge >= 0.3 is 0 Å². The van der Waals surface area contributed by atoms with E-state index in [1.165, 1.54) is 0 Å². The minimum atomic E-state index is -0.302. The topological polar surface area (TPSA) is 114 Å². The van der Waals surface area contributed by atoms with E-state index in [9.17, 15) is 9.59 Å². The van der Waals surface area contributed by atoms with Gasteiger partial charge in [0.2, 0.25) is 0 Å². The van der Waals surface area contributed by atoms with E-state index in [2.05, 4.69) is 15.5 Å². The smallest absolute Gasteiger partial charge is 0.259 e. The molecule has 0 spiro atoms. The van der Waals surface area contributed by atoms with Gasteiger partial charge in [-0.1, -0.05) is 37.2 Å². The summed E-state index contributed by atoms with van der Waals surface area (Å²) >= 11 is 0. The molecule has 3 rings (SSSR count). The maximum Gasteiger partial charge on any atom is 0.259 e. The maximum atomic E-state index is 13.5. The second kappa shape index (κ2) is 9.74. The van der Waals surface area contributed by atoms with Crippen molar-refractivity contribution in [2.24, 2.45) is 11.1 Å². The molecule has 0 aliphatic rings. The number of hydrogen-bond donors (Lipinski definition) is 2. The van der Waals surface area contributed by atoms with Gasteiger partial charge in [0.1, 0.15) is 11.3 Å². The number of carbonyl (C=O) groups is 2. The molecular weight excluding hydrogens is 406 g/mol. The highest BCUT2D eigenvalue weighted by Gasteiger charge is 2.29. The molecule has 0 unspecified atom stereocenters. The minimum absolute atomic E-state index is 0.182. The van der Waals surface area contributed by atoms with Gasteiger partial charge in [0.05, 0.1) is 5.69 Å². The molecule has 3 N–H and O–H groups in total. The molecule has 1 aromatic carbocycles. The molecule has 0 atom stereocenters. The number of nitrogens with two attached hydrogens (primary N) is 1. The van der Waals surface area contributed by atoms with Crippen LogP contribution in [0, 0.1) is 19.3 Å². The lowest BCUT2D eigenvalue weighted by Gasteiger charge is -2.32. The molecule has 168 valence electrons. The Kier molecular flexibility index (Phi) is 7.05. The summed E-state index contributed by atoms with van der Waals surface area (Å²) in [6.45, 7) is 8.63. The predicted octanol–water partition coefficient (Wildman–Crippen LogP) is 3.57. The van der Waals surface area contributed by atoms with Crippen molar-refractivity contribution >= 4 is 17.5 Å². The number of nitrogens with zero attached hydrogens (tertiary/aromatic N) is 3. The third-order valence-electron chi connectivity index (χ3n) is 5.28. The highest BCUT2D eigenvalue weighted by Crippen LogP contribution is 2.25. The molecule has 2 heterocycles. The number of benzene rings is 1. The lowest BCUT2D eigenvalue weighted by molar-refractivity contribution is 0.0671. The van der Waals surface area contributed by atoms with E-state index in [1.807, 2.05) is 38.1 Å². The fourth-order valence-corrected chi connectivity index (χ4v) is 3.41. The second-order valence-electron chi connectivity index (χ2n) is 8.58. The summed E-state index contributed by atoms with van der Waals surface area (Å²) in [4.78, 5) is 31.8. The number of para-hydroxylation sites is 1. The summed E-state index contributed by atoms with van der Waals surface area (Å²) in [7, 11) is 0. The van der Waals surface area contributed by atoms with Crippen LogP contribution >= 0.6 is 0 Å². The number of hydrogen-bond acceptors (Lipinski definition) is 6. The number of carbonyl (C=O) groups excluding carboxylic acids is 2. The average molecular weight is 436 g/mol. The number of pyridine rings is 1. The SMILES string of the molecule is Cc1noc(C)c1C(=O)N(Cc1ccccc1NC(=O)c1ccncc1)CC(C)(C)CN. The molecule has 3 aromatic rings. The first-order chi connectivity index (χ1) is 15.2. The number of rotatable bonds is 8. The highest BCUT2D eigenvalue weighted by molar-refractivity contribution is 6.04. The fraction of sp³-hybridized carbons (Fsp3) is 0.333. The Bertz CT molecular complexity index is 1070. The molecule has 0 aliphatic carbocycles. The molecule has 2 aromatic heterocycles. The zero-order valence-corrected chi connectivity index (χ0v) is 18.9. The molecule has 32 heavy (non-hydrogen) atoms. The quantitative estimate of drug-likeness (QED) is 0.559. The van der Waals surface area contributed by atoms with Crippen LogP contribution in [0.1, 0.15) is 51.6 Å². The van der Waals surface area contributed by atoms with Gasteiger partial charge in [-0.25, -0.2) is 0 Å². The molecule has 0 bridgehead atoms. The van der Waals surface area contributed by atoms with E-state index in [0.717, 1.165) is 5.56 Å². The summed E-state index contributed by atoms with van der Waals surface area (Å²) in [5.74, 6) is 0.0473. The largest absolute Gasteiger partial charge is 0.361 e. The van der Waals surface area contributed by atoms with Crippen LogP contribution in [0.5, 0.6) is 0 Å². The van der Waals surface area contributed by atoms with Crippen LogP contribution in [0.4, 0.5) is 5.69 Å². The summed E-state index contributed by atoms with van der Waals surface area (Å²) in [6, 6.07) is 10.7. The summed E-state index contributed by atoms with van der Waals surface area (Å²) < 4.78 is 5.21. The van der Waals surface area contributed by atoms with Crippen LogP contribution in [0.3, 0.4) is 0 Å². The Labute approximate surface area is 187 Å². The van der Waals surface area contributed by atoms with Gasteiger partial charge in [0, 0.05) is 36.7 Å². The molecule has 0 aliphatic heterocycles. The van der Waals surface area contributed by atoms with E-state index in [0.29, 0.717) is 47.9 Å². The molecular formula is C24H29N5O3. The number of anilines is 1. The molecule has 8 heteroatoms. The predicted molar refractivity (Wildman–Crippen MR) is 122 cm³/mol. The van der Waals surface area contributed by atoms with Crippen LogP contribution in [-0.4, -0.2) is 39.9 Å². The summed E-state index contributed by atoms with van der Waals surface area (Å²) in [6.07, 6.45) is 3.14. The molecule has 0 saturated heterocycles. The van der Waals surface area contributed by atoms with Crippen molar-refractivity contribution in [3.05, 3.63) is 76.9 Å². The highest BCUT2D eigenvalue weighted by atomic mass is 16.5. The minimum Gasteiger partial charge on any atom is -0.361 e. The van der Waals surface area contributed by atoms with E-state index >= 15 is 0 Å². The third-order valence-corrected chi connectivity index (χ3v) is 5.28. The zero-order valence-electron chi connectivity index (χ0n) is 18.9. The number of nitrogens with one attached hydrogen (secondary N) is 1. The van der Waals surface area contributed by atoms with Crippen molar-refractivity contribution in [1.82, 2.24) is 15.0 Å². The third kappa shape index (κ3) is 5.39. The molecule has 0 fully saturated rings. The Morgan fingerprint density at radius 2 is 1.81 bits per heavy atom. The Morgan fingerprint density at radius 1 is 1.12 bits per heavy atom. The van der Waals surface area contributed by atoms with Gasteiger partial charge in [-0.15, -0.1) is 0 Å². The first kappa shape index (κ1) is 23.1. The maximum absolute atomic E-state index is 13.5. The number of aromatic nitrogens is 2. The molecule has 0 radical (unpaired) electrons.